The lowest BCUT2D eigenvalue weighted by molar-refractivity contribution is 0.0733. The van der Waals surface area contributed by atoms with Gasteiger partial charge >= 0.3 is 0 Å². The lowest BCUT2D eigenvalue weighted by Gasteiger charge is -2.24. The number of aromatic nitrogens is 2. The summed E-state index contributed by atoms with van der Waals surface area (Å²) < 4.78 is 1.47. The molecule has 0 N–H and O–H groups in total. The van der Waals surface area contributed by atoms with Crippen molar-refractivity contribution in [2.75, 3.05) is 13.3 Å². The summed E-state index contributed by atoms with van der Waals surface area (Å²) in [6, 6.07) is 0.217. The van der Waals surface area contributed by atoms with Gasteiger partial charge in [0.2, 0.25) is 0 Å². The molecule has 2 aromatic rings. The second-order valence-corrected chi connectivity index (χ2v) is 8.06. The van der Waals surface area contributed by atoms with Crippen LogP contribution >= 0.6 is 23.1 Å². The van der Waals surface area contributed by atoms with E-state index in [0.29, 0.717) is 10.2 Å². The maximum absolute atomic E-state index is 12.7. The van der Waals surface area contributed by atoms with Gasteiger partial charge in [-0.25, -0.2) is 4.98 Å². The molecule has 0 aromatic carbocycles. The number of hydrogen-bond donors (Lipinski definition) is 0. The first-order chi connectivity index (χ1) is 10.5. The van der Waals surface area contributed by atoms with Gasteiger partial charge in [0.1, 0.15) is 5.56 Å². The fraction of sp³-hybridized carbons (Fsp3) is 0.533. The summed E-state index contributed by atoms with van der Waals surface area (Å²) in [5.74, 6) is -0.220. The number of thioether (sulfide) groups is 1. The highest BCUT2D eigenvalue weighted by Crippen LogP contribution is 2.31. The third kappa shape index (κ3) is 2.67. The van der Waals surface area contributed by atoms with Crippen LogP contribution in [0.4, 0.5) is 0 Å². The van der Waals surface area contributed by atoms with Crippen molar-refractivity contribution >= 4 is 34.0 Å². The molecule has 3 rings (SSSR count). The van der Waals surface area contributed by atoms with Crippen molar-refractivity contribution in [3.63, 3.8) is 0 Å². The molecule has 1 saturated carbocycles. The van der Waals surface area contributed by atoms with Gasteiger partial charge in [0.25, 0.3) is 11.5 Å². The fourth-order valence-electron chi connectivity index (χ4n) is 2.98. The van der Waals surface area contributed by atoms with Gasteiger partial charge < -0.3 is 4.90 Å². The summed E-state index contributed by atoms with van der Waals surface area (Å²) in [6.07, 6.45) is 8.40. The van der Waals surface area contributed by atoms with Crippen LogP contribution in [0, 0.1) is 6.92 Å². The van der Waals surface area contributed by atoms with Gasteiger partial charge in [0.05, 0.1) is 0 Å². The van der Waals surface area contributed by atoms with Crippen molar-refractivity contribution in [1.29, 1.82) is 0 Å². The predicted octanol–water partition coefficient (Wildman–Crippen LogP) is 2.42. The molecule has 2 atom stereocenters. The van der Waals surface area contributed by atoms with Crippen LogP contribution in [0.1, 0.15) is 34.5 Å². The molecule has 0 bridgehead atoms. The molecule has 0 saturated heterocycles. The quantitative estimate of drug-likeness (QED) is 0.863. The fourth-order valence-corrected chi connectivity index (χ4v) is 4.55. The summed E-state index contributed by atoms with van der Waals surface area (Å²) >= 11 is 3.30. The first kappa shape index (κ1) is 15.6. The van der Waals surface area contributed by atoms with E-state index in [9.17, 15) is 9.59 Å². The van der Waals surface area contributed by atoms with Crippen LogP contribution in [0.2, 0.25) is 0 Å². The molecular weight excluding hydrogens is 318 g/mol. The Bertz CT molecular complexity index is 768. The number of hydrogen-bond acceptors (Lipinski definition) is 5. The van der Waals surface area contributed by atoms with Crippen molar-refractivity contribution in [2.24, 2.45) is 0 Å². The summed E-state index contributed by atoms with van der Waals surface area (Å²) in [7, 11) is 1.79. The Kier molecular flexibility index (Phi) is 4.27. The third-order valence-electron chi connectivity index (χ3n) is 4.31. The molecule has 0 radical (unpaired) electrons. The number of carbonyl (C=O) groups is 1. The van der Waals surface area contributed by atoms with E-state index in [-0.39, 0.29) is 23.1 Å². The van der Waals surface area contributed by atoms with Crippen LogP contribution in [0.3, 0.4) is 0 Å². The average Bonchev–Trinajstić information content (AvgIpc) is 3.12. The number of rotatable bonds is 3. The van der Waals surface area contributed by atoms with E-state index < -0.39 is 0 Å². The first-order valence-corrected chi connectivity index (χ1v) is 9.39. The lowest BCUT2D eigenvalue weighted by atomic mass is 10.2. The zero-order valence-electron chi connectivity index (χ0n) is 12.9. The molecule has 2 heterocycles. The highest BCUT2D eigenvalue weighted by Gasteiger charge is 2.31. The van der Waals surface area contributed by atoms with Crippen LogP contribution in [0.5, 0.6) is 0 Å². The second kappa shape index (κ2) is 6.04. The number of thiazole rings is 1. The molecule has 118 valence electrons. The van der Waals surface area contributed by atoms with Crippen LogP contribution in [0.25, 0.3) is 4.96 Å². The number of fused-ring (bicyclic) bond motifs is 1. The normalized spacial score (nSPS) is 21.4. The van der Waals surface area contributed by atoms with Crippen LogP contribution in [-0.2, 0) is 0 Å². The van der Waals surface area contributed by atoms with E-state index in [1.165, 1.54) is 21.9 Å². The summed E-state index contributed by atoms with van der Waals surface area (Å²) in [6.45, 7) is 1.92. The Morgan fingerprint density at radius 2 is 2.27 bits per heavy atom. The Labute approximate surface area is 137 Å². The molecule has 22 heavy (non-hydrogen) atoms. The molecule has 1 aliphatic rings. The largest absolute Gasteiger partial charge is 0.338 e. The SMILES string of the molecule is CS[C@@H]1CC[C@H](N(C)C(=O)c2cnc3sc(C)cn3c2=O)C1. The molecule has 2 aromatic heterocycles. The van der Waals surface area contributed by atoms with Crippen molar-refractivity contribution in [2.45, 2.75) is 37.5 Å². The van der Waals surface area contributed by atoms with Gasteiger partial charge in [0, 0.05) is 35.6 Å². The van der Waals surface area contributed by atoms with E-state index in [4.69, 9.17) is 0 Å². The number of nitrogens with zero attached hydrogens (tertiary/aromatic N) is 3. The highest BCUT2D eigenvalue weighted by atomic mass is 32.2. The minimum Gasteiger partial charge on any atom is -0.338 e. The van der Waals surface area contributed by atoms with Gasteiger partial charge in [-0.3, -0.25) is 14.0 Å². The molecule has 0 aliphatic heterocycles. The molecule has 7 heteroatoms. The topological polar surface area (TPSA) is 54.7 Å². The number of carbonyl (C=O) groups excluding carboxylic acids is 1. The third-order valence-corrected chi connectivity index (χ3v) is 6.32. The van der Waals surface area contributed by atoms with Gasteiger partial charge in [-0.2, -0.15) is 11.8 Å². The van der Waals surface area contributed by atoms with Crippen molar-refractivity contribution in [1.82, 2.24) is 14.3 Å². The zero-order valence-corrected chi connectivity index (χ0v) is 14.5. The maximum atomic E-state index is 12.7. The van der Waals surface area contributed by atoms with E-state index in [1.807, 2.05) is 18.7 Å². The van der Waals surface area contributed by atoms with Gasteiger partial charge in [-0.15, -0.1) is 11.3 Å². The van der Waals surface area contributed by atoms with Crippen molar-refractivity contribution in [3.8, 4) is 0 Å². The van der Waals surface area contributed by atoms with Gasteiger partial charge in [0.15, 0.2) is 4.96 Å². The van der Waals surface area contributed by atoms with Crippen LogP contribution in [0.15, 0.2) is 17.2 Å². The predicted molar refractivity (Wildman–Crippen MR) is 91.1 cm³/mol. The number of aryl methyl sites for hydroxylation is 1. The summed E-state index contributed by atoms with van der Waals surface area (Å²) in [4.78, 5) is 32.8. The van der Waals surface area contributed by atoms with E-state index >= 15 is 0 Å². The maximum Gasteiger partial charge on any atom is 0.271 e. The van der Waals surface area contributed by atoms with E-state index in [0.717, 1.165) is 24.1 Å². The molecular formula is C15H19N3O2S2. The zero-order chi connectivity index (χ0) is 15.9. The molecule has 0 spiro atoms. The highest BCUT2D eigenvalue weighted by molar-refractivity contribution is 7.99. The number of amides is 1. The molecule has 0 unspecified atom stereocenters. The molecule has 1 aliphatic carbocycles. The van der Waals surface area contributed by atoms with Crippen molar-refractivity contribution in [3.05, 3.63) is 33.2 Å². The van der Waals surface area contributed by atoms with Gasteiger partial charge in [-0.1, -0.05) is 0 Å². The standard InChI is InChI=1S/C15H19N3O2S2/c1-9-8-18-14(20)12(7-16-15(18)22-9)13(19)17(2)10-4-5-11(6-10)21-3/h7-8,10-11H,4-6H2,1-3H3/t10-,11+/m0/s1. The molecule has 1 fully saturated rings. The monoisotopic (exact) mass is 337 g/mol. The summed E-state index contributed by atoms with van der Waals surface area (Å²) in [5.41, 5.74) is -0.115. The lowest BCUT2D eigenvalue weighted by Crippen LogP contribution is -2.39. The molecule has 1 amide bonds. The van der Waals surface area contributed by atoms with Crippen LogP contribution in [-0.4, -0.2) is 44.8 Å². The van der Waals surface area contributed by atoms with E-state index in [2.05, 4.69) is 11.2 Å². The minimum absolute atomic E-state index is 0.158. The van der Waals surface area contributed by atoms with Gasteiger partial charge in [-0.05, 0) is 32.4 Å². The second-order valence-electron chi connectivity index (χ2n) is 5.71. The Balaban J connectivity index is 1.89. The summed E-state index contributed by atoms with van der Waals surface area (Å²) in [5, 5.41) is 0.612. The van der Waals surface area contributed by atoms with Crippen molar-refractivity contribution < 1.29 is 4.79 Å². The molecule has 5 nitrogen and oxygen atoms in total. The van der Waals surface area contributed by atoms with E-state index in [1.54, 1.807) is 18.1 Å². The minimum atomic E-state index is -0.273. The van der Waals surface area contributed by atoms with Crippen LogP contribution < -0.4 is 5.56 Å². The first-order valence-electron chi connectivity index (χ1n) is 7.29. The Morgan fingerprint density at radius 3 is 2.95 bits per heavy atom. The smallest absolute Gasteiger partial charge is 0.271 e. The Hall–Kier alpha value is -1.34. The average molecular weight is 337 g/mol. The Morgan fingerprint density at radius 1 is 1.50 bits per heavy atom.